The van der Waals surface area contributed by atoms with Crippen LogP contribution in [0.2, 0.25) is 0 Å². The number of quaternary nitrogens is 1. The van der Waals surface area contributed by atoms with E-state index in [9.17, 15) is 9.59 Å². The minimum atomic E-state index is -0.610. The molecule has 2 aromatic rings. The number of ether oxygens (including phenoxy) is 3. The third-order valence-corrected chi connectivity index (χ3v) is 6.55. The highest BCUT2D eigenvalue weighted by molar-refractivity contribution is 5.97. The molecule has 2 aromatic carbocycles. The molecular formula is C26H36N5O5+. The number of hydrogen-bond acceptors (Lipinski definition) is 7. The summed E-state index contributed by atoms with van der Waals surface area (Å²) < 4.78 is 16.8. The molecule has 2 heterocycles. The van der Waals surface area contributed by atoms with Gasteiger partial charge in [0.05, 0.1) is 12.8 Å². The monoisotopic (exact) mass is 498 g/mol. The van der Waals surface area contributed by atoms with E-state index in [0.717, 1.165) is 55.3 Å². The Morgan fingerprint density at radius 1 is 1.14 bits per heavy atom. The summed E-state index contributed by atoms with van der Waals surface area (Å²) in [5.74, 6) is 1.10. The van der Waals surface area contributed by atoms with Crippen molar-refractivity contribution in [3.63, 3.8) is 0 Å². The van der Waals surface area contributed by atoms with Gasteiger partial charge in [0.25, 0.3) is 11.8 Å². The van der Waals surface area contributed by atoms with E-state index in [0.29, 0.717) is 24.3 Å². The predicted molar refractivity (Wildman–Crippen MR) is 137 cm³/mol. The number of fused-ring (bicyclic) bond motifs is 1. The highest BCUT2D eigenvalue weighted by Crippen LogP contribution is 2.41. The summed E-state index contributed by atoms with van der Waals surface area (Å²) in [5, 5.41) is 5.69. The van der Waals surface area contributed by atoms with Crippen molar-refractivity contribution in [3.05, 3.63) is 47.5 Å². The van der Waals surface area contributed by atoms with Crippen molar-refractivity contribution in [2.75, 3.05) is 64.3 Å². The number of hydrogen-bond donors (Lipinski definition) is 3. The Morgan fingerprint density at radius 3 is 2.53 bits per heavy atom. The van der Waals surface area contributed by atoms with Crippen molar-refractivity contribution in [2.45, 2.75) is 25.1 Å². The van der Waals surface area contributed by atoms with Gasteiger partial charge in [-0.05, 0) is 50.2 Å². The number of carbonyl (C=O) groups excluding carboxylic acids is 2. The fraction of sp³-hybridized carbons (Fsp3) is 0.462. The number of benzene rings is 2. The van der Waals surface area contributed by atoms with Crippen LogP contribution in [0.1, 0.15) is 22.3 Å². The lowest BCUT2D eigenvalue weighted by Gasteiger charge is -2.37. The number of nitrogens with zero attached hydrogens (tertiary/aromatic N) is 2. The molecule has 4 rings (SSSR count). The lowest BCUT2D eigenvalue weighted by molar-refractivity contribution is -0.431. The first-order valence-electron chi connectivity index (χ1n) is 12.2. The molecule has 5 N–H and O–H groups in total. The number of piperazine rings is 1. The Hall–Kier alpha value is -3.34. The molecule has 0 bridgehead atoms. The number of carbonyl (C=O) groups is 2. The number of nitrogens with one attached hydrogen (secondary N) is 2. The summed E-state index contributed by atoms with van der Waals surface area (Å²) >= 11 is 0. The third-order valence-electron chi connectivity index (χ3n) is 6.55. The molecule has 0 radical (unpaired) electrons. The zero-order chi connectivity index (χ0) is 25.7. The molecular weight excluding hydrogens is 462 g/mol. The number of rotatable bonds is 8. The van der Waals surface area contributed by atoms with Crippen LogP contribution in [-0.2, 0) is 16.0 Å². The van der Waals surface area contributed by atoms with Gasteiger partial charge in [0.2, 0.25) is 0 Å². The van der Waals surface area contributed by atoms with E-state index >= 15 is 0 Å². The Labute approximate surface area is 211 Å². The molecule has 2 aliphatic rings. The minimum absolute atomic E-state index is 0.212. The highest BCUT2D eigenvalue weighted by atomic mass is 16.5. The molecule has 36 heavy (non-hydrogen) atoms. The summed E-state index contributed by atoms with van der Waals surface area (Å²) in [5.41, 5.74) is 6.94. The maximum Gasteiger partial charge on any atom is 0.265 e. The zero-order valence-corrected chi connectivity index (χ0v) is 21.2. The molecule has 2 unspecified atom stereocenters. The van der Waals surface area contributed by atoms with Gasteiger partial charge in [-0.2, -0.15) is 0 Å². The SMILES string of the molecule is COCC([NH3+])NC(=O)c1ccc(NC(=O)C2CCc3cc(OC)cc(N4CCN(C)CC4)c3O2)cc1. The van der Waals surface area contributed by atoms with Crippen LogP contribution in [0.25, 0.3) is 0 Å². The van der Waals surface area contributed by atoms with E-state index in [1.165, 1.54) is 0 Å². The van der Waals surface area contributed by atoms with Gasteiger partial charge < -0.3 is 40.4 Å². The summed E-state index contributed by atoms with van der Waals surface area (Å²) in [6.45, 7) is 4.03. The average Bonchev–Trinajstić information content (AvgIpc) is 2.88. The Balaban J connectivity index is 1.43. The Morgan fingerprint density at radius 2 is 1.86 bits per heavy atom. The minimum Gasteiger partial charge on any atom is -0.497 e. The molecule has 1 saturated heterocycles. The summed E-state index contributed by atoms with van der Waals surface area (Å²) in [6, 6.07) is 10.7. The summed E-state index contributed by atoms with van der Waals surface area (Å²) in [7, 11) is 5.34. The topological polar surface area (TPSA) is 120 Å². The predicted octanol–water partition coefficient (Wildman–Crippen LogP) is 0.724. The van der Waals surface area contributed by atoms with Crippen LogP contribution in [0, 0.1) is 0 Å². The number of aryl methyl sites for hydroxylation is 1. The van der Waals surface area contributed by atoms with Crippen LogP contribution in [-0.4, -0.2) is 83.0 Å². The fourth-order valence-electron chi connectivity index (χ4n) is 4.48. The molecule has 0 spiro atoms. The third kappa shape index (κ3) is 6.07. The van der Waals surface area contributed by atoms with Gasteiger partial charge in [-0.1, -0.05) is 0 Å². The highest BCUT2D eigenvalue weighted by Gasteiger charge is 2.31. The molecule has 2 aliphatic heterocycles. The molecule has 2 atom stereocenters. The van der Waals surface area contributed by atoms with Gasteiger partial charge in [0.1, 0.15) is 18.1 Å². The van der Waals surface area contributed by atoms with Gasteiger partial charge in [0.15, 0.2) is 12.3 Å². The zero-order valence-electron chi connectivity index (χ0n) is 21.2. The molecule has 2 amide bonds. The van der Waals surface area contributed by atoms with E-state index in [4.69, 9.17) is 14.2 Å². The van der Waals surface area contributed by atoms with Crippen LogP contribution in [0.4, 0.5) is 11.4 Å². The fourth-order valence-corrected chi connectivity index (χ4v) is 4.48. The van der Waals surface area contributed by atoms with Crippen LogP contribution in [0.3, 0.4) is 0 Å². The lowest BCUT2D eigenvalue weighted by Crippen LogP contribution is -2.70. The first-order chi connectivity index (χ1) is 17.4. The van der Waals surface area contributed by atoms with Gasteiger partial charge in [-0.25, -0.2) is 0 Å². The van der Waals surface area contributed by atoms with Crippen LogP contribution in [0.5, 0.6) is 11.5 Å². The normalized spacial score (nSPS) is 18.6. The quantitative estimate of drug-likeness (QED) is 0.459. The van der Waals surface area contributed by atoms with Crippen molar-refractivity contribution < 1.29 is 29.5 Å². The second-order valence-corrected chi connectivity index (χ2v) is 9.26. The summed E-state index contributed by atoms with van der Waals surface area (Å²) in [6.07, 6.45) is 0.335. The van der Waals surface area contributed by atoms with Gasteiger partial charge in [-0.15, -0.1) is 0 Å². The maximum absolute atomic E-state index is 13.1. The Kier molecular flexibility index (Phi) is 8.29. The number of methoxy groups -OCH3 is 2. The lowest BCUT2D eigenvalue weighted by atomic mass is 9.99. The average molecular weight is 499 g/mol. The first kappa shape index (κ1) is 25.7. The second-order valence-electron chi connectivity index (χ2n) is 9.26. The smallest absolute Gasteiger partial charge is 0.265 e. The van der Waals surface area contributed by atoms with Crippen molar-refractivity contribution in [1.82, 2.24) is 10.2 Å². The summed E-state index contributed by atoms with van der Waals surface area (Å²) in [4.78, 5) is 30.0. The van der Waals surface area contributed by atoms with Gasteiger partial charge in [0, 0.05) is 56.2 Å². The largest absolute Gasteiger partial charge is 0.497 e. The molecule has 10 heteroatoms. The first-order valence-corrected chi connectivity index (χ1v) is 12.2. The van der Waals surface area contributed by atoms with E-state index in [1.54, 1.807) is 38.5 Å². The van der Waals surface area contributed by atoms with Crippen molar-refractivity contribution in [2.24, 2.45) is 0 Å². The van der Waals surface area contributed by atoms with E-state index < -0.39 is 6.10 Å². The molecule has 0 aromatic heterocycles. The molecule has 0 aliphatic carbocycles. The van der Waals surface area contributed by atoms with Crippen molar-refractivity contribution in [1.29, 1.82) is 0 Å². The standard InChI is InChI=1S/C26H35N5O5/c1-30-10-12-31(13-11-30)21-15-20(35-3)14-18-6-9-22(36-24(18)21)26(33)28-19-7-4-17(5-8-19)25(32)29-23(27)16-34-2/h4-5,7-8,14-15,22-23H,6,9-13,16,27H2,1-3H3,(H,28,33)(H,29,32)/p+1. The van der Waals surface area contributed by atoms with Gasteiger partial charge in [-0.3, -0.25) is 9.59 Å². The van der Waals surface area contributed by atoms with Crippen LogP contribution >= 0.6 is 0 Å². The van der Waals surface area contributed by atoms with Crippen LogP contribution < -0.4 is 30.7 Å². The maximum atomic E-state index is 13.1. The van der Waals surface area contributed by atoms with Crippen molar-refractivity contribution in [3.8, 4) is 11.5 Å². The Bertz CT molecular complexity index is 1070. The molecule has 0 saturated carbocycles. The molecule has 1 fully saturated rings. The van der Waals surface area contributed by atoms with E-state index in [-0.39, 0.29) is 18.0 Å². The number of amides is 2. The molecule has 194 valence electrons. The van der Waals surface area contributed by atoms with E-state index in [1.807, 2.05) is 12.1 Å². The molecule has 10 nitrogen and oxygen atoms in total. The van der Waals surface area contributed by atoms with Crippen molar-refractivity contribution >= 4 is 23.2 Å². The number of likely N-dealkylation sites (N-methyl/N-ethyl adjacent to an activating group) is 1. The second kappa shape index (κ2) is 11.6. The number of anilines is 2. The van der Waals surface area contributed by atoms with E-state index in [2.05, 4.69) is 33.2 Å². The van der Waals surface area contributed by atoms with Gasteiger partial charge >= 0.3 is 0 Å². The van der Waals surface area contributed by atoms with Crippen LogP contribution in [0.15, 0.2) is 36.4 Å².